The van der Waals surface area contributed by atoms with E-state index >= 15 is 0 Å². The van der Waals surface area contributed by atoms with Crippen LogP contribution in [0.2, 0.25) is 0 Å². The number of pyridine rings is 1. The molecule has 5 nitrogen and oxygen atoms in total. The van der Waals surface area contributed by atoms with E-state index in [4.69, 9.17) is 4.74 Å². The van der Waals surface area contributed by atoms with Crippen molar-refractivity contribution in [2.45, 2.75) is 49.3 Å². The Bertz CT molecular complexity index is 1060. The van der Waals surface area contributed by atoms with Gasteiger partial charge in [-0.25, -0.2) is 8.42 Å². The van der Waals surface area contributed by atoms with Crippen molar-refractivity contribution in [1.29, 1.82) is 0 Å². The van der Waals surface area contributed by atoms with Crippen LogP contribution in [-0.2, 0) is 16.3 Å². The molecule has 0 saturated carbocycles. The summed E-state index contributed by atoms with van der Waals surface area (Å²) < 4.78 is 34.4. The summed E-state index contributed by atoms with van der Waals surface area (Å²) in [6.07, 6.45) is 7.79. The highest BCUT2D eigenvalue weighted by Crippen LogP contribution is 2.31. The number of hydrogen-bond acceptors (Lipinski definition) is 4. The second-order valence-corrected chi connectivity index (χ2v) is 9.55. The van der Waals surface area contributed by atoms with E-state index in [-0.39, 0.29) is 0 Å². The number of aromatic nitrogens is 1. The second kappa shape index (κ2) is 10.1. The average molecular weight is 429 g/mol. The average Bonchev–Trinajstić information content (AvgIpc) is 3.15. The van der Waals surface area contributed by atoms with Gasteiger partial charge in [-0.1, -0.05) is 26.3 Å². The van der Waals surface area contributed by atoms with Gasteiger partial charge in [0.2, 0.25) is 9.84 Å². The Morgan fingerprint density at radius 2 is 1.73 bits per heavy atom. The standard InChI is InChI=1S/C24H32N2O3S/c1-4-6-15-25(3)16-9-18-29-21-11-13-22(14-12-21)30(27,28)24-20(5-2)19-26-17-8-7-10-23(24)26/h7-8,10-14,17,19H,4-6,9,15-16,18H2,1-3H3. The van der Waals surface area contributed by atoms with Gasteiger partial charge in [-0.2, -0.15) is 0 Å². The first-order chi connectivity index (χ1) is 14.5. The van der Waals surface area contributed by atoms with E-state index in [0.717, 1.165) is 25.1 Å². The molecule has 0 saturated heterocycles. The number of aryl methyl sites for hydroxylation is 1. The number of ether oxygens (including phenoxy) is 1. The normalized spacial score (nSPS) is 12.0. The van der Waals surface area contributed by atoms with Crippen molar-refractivity contribution in [2.75, 3.05) is 26.7 Å². The predicted octanol–water partition coefficient (Wildman–Crippen LogP) is 4.84. The van der Waals surface area contributed by atoms with E-state index in [0.29, 0.717) is 34.1 Å². The van der Waals surface area contributed by atoms with Gasteiger partial charge in [0, 0.05) is 18.9 Å². The van der Waals surface area contributed by atoms with Gasteiger partial charge >= 0.3 is 0 Å². The van der Waals surface area contributed by atoms with E-state index in [1.54, 1.807) is 24.3 Å². The Kier molecular flexibility index (Phi) is 7.56. The van der Waals surface area contributed by atoms with Gasteiger partial charge in [-0.15, -0.1) is 0 Å². The van der Waals surface area contributed by atoms with Crippen molar-refractivity contribution in [2.24, 2.45) is 0 Å². The fourth-order valence-electron chi connectivity index (χ4n) is 3.61. The minimum Gasteiger partial charge on any atom is -0.494 e. The van der Waals surface area contributed by atoms with Crippen LogP contribution in [0, 0.1) is 0 Å². The lowest BCUT2D eigenvalue weighted by Gasteiger charge is -2.16. The zero-order valence-corrected chi connectivity index (χ0v) is 19.0. The zero-order chi connectivity index (χ0) is 21.6. The quantitative estimate of drug-likeness (QED) is 0.410. The number of rotatable bonds is 11. The van der Waals surface area contributed by atoms with Crippen LogP contribution in [0.5, 0.6) is 5.75 Å². The second-order valence-electron chi connectivity index (χ2n) is 7.66. The summed E-state index contributed by atoms with van der Waals surface area (Å²) in [6, 6.07) is 12.4. The van der Waals surface area contributed by atoms with Crippen molar-refractivity contribution in [3.05, 3.63) is 60.4 Å². The van der Waals surface area contributed by atoms with Gasteiger partial charge in [0.15, 0.2) is 0 Å². The predicted molar refractivity (Wildman–Crippen MR) is 121 cm³/mol. The Labute approximate surface area is 180 Å². The molecular formula is C24H32N2O3S. The highest BCUT2D eigenvalue weighted by atomic mass is 32.2. The third-order valence-corrected chi connectivity index (χ3v) is 7.24. The van der Waals surface area contributed by atoms with Gasteiger partial charge in [-0.05, 0) is 74.8 Å². The molecule has 0 fully saturated rings. The Morgan fingerprint density at radius 3 is 2.43 bits per heavy atom. The van der Waals surface area contributed by atoms with Gasteiger partial charge in [0.05, 0.1) is 17.0 Å². The molecule has 0 unspecified atom stereocenters. The molecule has 0 bridgehead atoms. The van der Waals surface area contributed by atoms with E-state index in [1.807, 2.05) is 41.9 Å². The fraction of sp³-hybridized carbons (Fsp3) is 0.417. The lowest BCUT2D eigenvalue weighted by Crippen LogP contribution is -2.22. The highest BCUT2D eigenvalue weighted by Gasteiger charge is 2.25. The van der Waals surface area contributed by atoms with Crippen molar-refractivity contribution >= 4 is 15.4 Å². The van der Waals surface area contributed by atoms with Crippen LogP contribution in [0.15, 0.2) is 64.6 Å². The number of nitrogens with zero attached hydrogens (tertiary/aromatic N) is 2. The van der Waals surface area contributed by atoms with Gasteiger partial charge < -0.3 is 14.0 Å². The maximum absolute atomic E-state index is 13.4. The largest absolute Gasteiger partial charge is 0.494 e. The van der Waals surface area contributed by atoms with E-state index in [1.165, 1.54) is 12.8 Å². The smallest absolute Gasteiger partial charge is 0.208 e. The molecule has 0 aliphatic rings. The highest BCUT2D eigenvalue weighted by molar-refractivity contribution is 7.91. The Balaban J connectivity index is 1.69. The molecular weight excluding hydrogens is 396 g/mol. The van der Waals surface area contributed by atoms with Crippen molar-refractivity contribution in [1.82, 2.24) is 9.30 Å². The molecule has 0 aliphatic carbocycles. The van der Waals surface area contributed by atoms with Crippen LogP contribution in [0.1, 0.15) is 38.7 Å². The first-order valence-electron chi connectivity index (χ1n) is 10.7. The first kappa shape index (κ1) is 22.4. The van der Waals surface area contributed by atoms with E-state index in [2.05, 4.69) is 18.9 Å². The lowest BCUT2D eigenvalue weighted by molar-refractivity contribution is 0.260. The maximum Gasteiger partial charge on any atom is 0.208 e. The molecule has 30 heavy (non-hydrogen) atoms. The molecule has 3 rings (SSSR count). The SMILES string of the molecule is CCCCN(C)CCCOc1ccc(S(=O)(=O)c2c(CC)cn3ccccc23)cc1. The summed E-state index contributed by atoms with van der Waals surface area (Å²) in [6.45, 7) is 6.89. The molecule has 0 spiro atoms. The summed E-state index contributed by atoms with van der Waals surface area (Å²) in [5.74, 6) is 0.697. The Hall–Kier alpha value is -2.31. The van der Waals surface area contributed by atoms with Gasteiger partial charge in [0.1, 0.15) is 10.6 Å². The summed E-state index contributed by atoms with van der Waals surface area (Å²) in [5.41, 5.74) is 1.54. The van der Waals surface area contributed by atoms with Crippen LogP contribution in [0.3, 0.4) is 0 Å². The summed E-state index contributed by atoms with van der Waals surface area (Å²) in [7, 11) is -1.48. The summed E-state index contributed by atoms with van der Waals surface area (Å²) >= 11 is 0. The first-order valence-corrected chi connectivity index (χ1v) is 12.2. The number of sulfone groups is 1. The van der Waals surface area contributed by atoms with Crippen molar-refractivity contribution in [3.8, 4) is 5.75 Å². The van der Waals surface area contributed by atoms with Crippen LogP contribution in [0.4, 0.5) is 0 Å². The lowest BCUT2D eigenvalue weighted by atomic mass is 10.2. The number of hydrogen-bond donors (Lipinski definition) is 0. The van der Waals surface area contributed by atoms with Crippen molar-refractivity contribution in [3.63, 3.8) is 0 Å². The Morgan fingerprint density at radius 1 is 1.00 bits per heavy atom. The molecule has 0 atom stereocenters. The number of benzene rings is 1. The minimum atomic E-state index is -3.61. The monoisotopic (exact) mass is 428 g/mol. The summed E-state index contributed by atoms with van der Waals surface area (Å²) in [4.78, 5) is 3.01. The van der Waals surface area contributed by atoms with Crippen LogP contribution >= 0.6 is 0 Å². The van der Waals surface area contributed by atoms with Gasteiger partial charge in [-0.3, -0.25) is 0 Å². The molecule has 0 amide bonds. The van der Waals surface area contributed by atoms with Gasteiger partial charge in [0.25, 0.3) is 0 Å². The third-order valence-electron chi connectivity index (χ3n) is 5.34. The third kappa shape index (κ3) is 5.05. The van der Waals surface area contributed by atoms with Crippen LogP contribution in [0.25, 0.3) is 5.52 Å². The topological polar surface area (TPSA) is 51.0 Å². The number of fused-ring (bicyclic) bond motifs is 1. The molecule has 0 aliphatic heterocycles. The number of unbranched alkanes of at least 4 members (excludes halogenated alkanes) is 1. The summed E-state index contributed by atoms with van der Waals surface area (Å²) in [5, 5.41) is 0. The molecule has 0 N–H and O–H groups in total. The maximum atomic E-state index is 13.4. The molecule has 3 aromatic rings. The molecule has 6 heteroatoms. The molecule has 0 radical (unpaired) electrons. The molecule has 2 heterocycles. The molecule has 2 aromatic heterocycles. The molecule has 1 aromatic carbocycles. The van der Waals surface area contributed by atoms with Crippen LogP contribution < -0.4 is 4.74 Å². The molecule has 162 valence electrons. The van der Waals surface area contributed by atoms with Crippen molar-refractivity contribution < 1.29 is 13.2 Å². The fourth-order valence-corrected chi connectivity index (χ4v) is 5.33. The zero-order valence-electron chi connectivity index (χ0n) is 18.2. The van der Waals surface area contributed by atoms with Crippen LogP contribution in [-0.4, -0.2) is 44.5 Å². The van der Waals surface area contributed by atoms with E-state index in [9.17, 15) is 8.42 Å². The minimum absolute atomic E-state index is 0.292. The van der Waals surface area contributed by atoms with E-state index < -0.39 is 9.84 Å².